The van der Waals surface area contributed by atoms with E-state index in [2.05, 4.69) is 10.1 Å². The molecule has 0 saturated carbocycles. The monoisotopic (exact) mass is 240 g/mol. The average Bonchev–Trinajstić information content (AvgIpc) is 2.17. The first kappa shape index (κ1) is 13.7. The molecule has 0 aromatic heterocycles. The average molecular weight is 240 g/mol. The van der Waals surface area contributed by atoms with E-state index in [0.717, 1.165) is 32.5 Å². The van der Waals surface area contributed by atoms with Crippen LogP contribution in [0.2, 0.25) is 0 Å². The van der Waals surface area contributed by atoms with Crippen LogP contribution >= 0.6 is 0 Å². The van der Waals surface area contributed by atoms with Gasteiger partial charge in [0.15, 0.2) is 0 Å². The van der Waals surface area contributed by atoms with Crippen LogP contribution in [-0.2, 0) is 4.74 Å². The number of hydrogen-bond acceptors (Lipinski definition) is 3. The molecule has 6 heteroatoms. The molecular formula is C10H19F3N2O. The fourth-order valence-electron chi connectivity index (χ4n) is 1.91. The summed E-state index contributed by atoms with van der Waals surface area (Å²) in [5.74, 6) is 0.595. The quantitative estimate of drug-likeness (QED) is 0.787. The molecule has 1 saturated heterocycles. The molecule has 0 aromatic carbocycles. The summed E-state index contributed by atoms with van der Waals surface area (Å²) in [7, 11) is 1.84. The van der Waals surface area contributed by atoms with E-state index >= 15 is 0 Å². The molecule has 1 N–H and O–H groups in total. The number of nitrogens with zero attached hydrogens (tertiary/aromatic N) is 1. The molecular weight excluding hydrogens is 221 g/mol. The van der Waals surface area contributed by atoms with E-state index in [1.165, 1.54) is 0 Å². The molecule has 1 rings (SSSR count). The predicted octanol–water partition coefficient (Wildman–Crippen LogP) is 1.45. The standard InChI is InChI=1S/C10H19F3N2O/c1-15(6-7-16-10(11,12)13)8-9-2-4-14-5-3-9/h9,14H,2-8H2,1H3. The minimum absolute atomic E-state index is 0.287. The van der Waals surface area contributed by atoms with E-state index in [1.807, 2.05) is 11.9 Å². The summed E-state index contributed by atoms with van der Waals surface area (Å²) >= 11 is 0. The Balaban J connectivity index is 2.08. The van der Waals surface area contributed by atoms with Crippen LogP contribution in [0.5, 0.6) is 0 Å². The topological polar surface area (TPSA) is 24.5 Å². The van der Waals surface area contributed by atoms with Crippen molar-refractivity contribution in [3.63, 3.8) is 0 Å². The zero-order valence-electron chi connectivity index (χ0n) is 9.52. The first-order chi connectivity index (χ1) is 7.47. The first-order valence-corrected chi connectivity index (χ1v) is 5.57. The summed E-state index contributed by atoms with van der Waals surface area (Å²) in [6.45, 7) is 2.91. The number of hydrogen-bond donors (Lipinski definition) is 1. The summed E-state index contributed by atoms with van der Waals surface area (Å²) in [5, 5.41) is 3.26. The molecule has 0 unspecified atom stereocenters. The van der Waals surface area contributed by atoms with Gasteiger partial charge in [-0.2, -0.15) is 0 Å². The second-order valence-corrected chi connectivity index (χ2v) is 4.25. The smallest absolute Gasteiger partial charge is 0.317 e. The lowest BCUT2D eigenvalue weighted by Crippen LogP contribution is -2.36. The molecule has 0 amide bonds. The third-order valence-corrected chi connectivity index (χ3v) is 2.77. The van der Waals surface area contributed by atoms with Gasteiger partial charge in [0.1, 0.15) is 0 Å². The van der Waals surface area contributed by atoms with E-state index in [0.29, 0.717) is 12.5 Å². The van der Waals surface area contributed by atoms with Gasteiger partial charge in [-0.15, -0.1) is 13.2 Å². The first-order valence-electron chi connectivity index (χ1n) is 5.57. The highest BCUT2D eigenvalue weighted by atomic mass is 19.4. The van der Waals surface area contributed by atoms with E-state index in [1.54, 1.807) is 0 Å². The van der Waals surface area contributed by atoms with E-state index in [-0.39, 0.29) is 6.61 Å². The maximum Gasteiger partial charge on any atom is 0.522 e. The third-order valence-electron chi connectivity index (χ3n) is 2.77. The summed E-state index contributed by atoms with van der Waals surface area (Å²) < 4.78 is 38.9. The highest BCUT2D eigenvalue weighted by Crippen LogP contribution is 2.16. The maximum atomic E-state index is 11.7. The van der Waals surface area contributed by atoms with Gasteiger partial charge in [-0.05, 0) is 38.9 Å². The molecule has 16 heavy (non-hydrogen) atoms. The largest absolute Gasteiger partial charge is 0.522 e. The predicted molar refractivity (Wildman–Crippen MR) is 55.1 cm³/mol. The van der Waals surface area contributed by atoms with Gasteiger partial charge in [0, 0.05) is 13.1 Å². The second-order valence-electron chi connectivity index (χ2n) is 4.25. The molecule has 0 atom stereocenters. The van der Waals surface area contributed by atoms with Gasteiger partial charge >= 0.3 is 6.36 Å². The van der Waals surface area contributed by atoms with Crippen molar-refractivity contribution in [1.29, 1.82) is 0 Å². The van der Waals surface area contributed by atoms with E-state index < -0.39 is 6.36 Å². The lowest BCUT2D eigenvalue weighted by Gasteiger charge is -2.27. The van der Waals surface area contributed by atoms with Crippen molar-refractivity contribution < 1.29 is 17.9 Å². The van der Waals surface area contributed by atoms with Crippen LogP contribution in [0.4, 0.5) is 13.2 Å². The Hall–Kier alpha value is -0.330. The summed E-state index contributed by atoms with van der Waals surface area (Å²) in [6, 6.07) is 0. The fraction of sp³-hybridized carbons (Fsp3) is 1.00. The Kier molecular flexibility index (Phi) is 5.51. The van der Waals surface area contributed by atoms with Crippen molar-refractivity contribution >= 4 is 0 Å². The van der Waals surface area contributed by atoms with Crippen LogP contribution in [0.3, 0.4) is 0 Å². The molecule has 0 aliphatic carbocycles. The summed E-state index contributed by atoms with van der Waals surface area (Å²) in [6.07, 6.45) is -2.30. The van der Waals surface area contributed by atoms with Crippen molar-refractivity contribution in [2.24, 2.45) is 5.92 Å². The Labute approximate surface area is 93.9 Å². The number of nitrogens with one attached hydrogen (secondary N) is 1. The fourth-order valence-corrected chi connectivity index (χ4v) is 1.91. The van der Waals surface area contributed by atoms with Crippen LogP contribution < -0.4 is 5.32 Å². The number of likely N-dealkylation sites (N-methyl/N-ethyl adjacent to an activating group) is 1. The maximum absolute atomic E-state index is 11.7. The summed E-state index contributed by atoms with van der Waals surface area (Å²) in [5.41, 5.74) is 0. The van der Waals surface area contributed by atoms with Crippen molar-refractivity contribution in [2.75, 3.05) is 39.8 Å². The van der Waals surface area contributed by atoms with E-state index in [4.69, 9.17) is 0 Å². The number of alkyl halides is 3. The minimum Gasteiger partial charge on any atom is -0.317 e. The lowest BCUT2D eigenvalue weighted by molar-refractivity contribution is -0.324. The lowest BCUT2D eigenvalue weighted by atomic mass is 9.98. The van der Waals surface area contributed by atoms with Crippen molar-refractivity contribution in [3.05, 3.63) is 0 Å². The van der Waals surface area contributed by atoms with Crippen molar-refractivity contribution in [3.8, 4) is 0 Å². The second kappa shape index (κ2) is 6.42. The molecule has 1 aliphatic rings. The van der Waals surface area contributed by atoms with Crippen molar-refractivity contribution in [1.82, 2.24) is 10.2 Å². The molecule has 0 bridgehead atoms. The molecule has 1 aliphatic heterocycles. The Morgan fingerprint density at radius 3 is 2.50 bits per heavy atom. The number of rotatable bonds is 5. The Bertz CT molecular complexity index is 193. The molecule has 96 valence electrons. The minimum atomic E-state index is -4.50. The SMILES string of the molecule is CN(CCOC(F)(F)F)CC1CCNCC1. The van der Waals surface area contributed by atoms with E-state index in [9.17, 15) is 13.2 Å². The van der Waals surface area contributed by atoms with Gasteiger partial charge in [-0.25, -0.2) is 0 Å². The molecule has 0 radical (unpaired) electrons. The Morgan fingerprint density at radius 1 is 1.31 bits per heavy atom. The van der Waals surface area contributed by atoms with Gasteiger partial charge in [0.05, 0.1) is 6.61 Å². The number of piperidine rings is 1. The molecule has 1 heterocycles. The van der Waals surface area contributed by atoms with Gasteiger partial charge < -0.3 is 10.2 Å². The Morgan fingerprint density at radius 2 is 1.94 bits per heavy atom. The number of halogens is 3. The van der Waals surface area contributed by atoms with Gasteiger partial charge in [-0.3, -0.25) is 4.74 Å². The number of ether oxygens (including phenoxy) is 1. The van der Waals surface area contributed by atoms with Gasteiger partial charge in [0.2, 0.25) is 0 Å². The molecule has 1 fully saturated rings. The van der Waals surface area contributed by atoms with Crippen LogP contribution in [0, 0.1) is 5.92 Å². The highest BCUT2D eigenvalue weighted by Gasteiger charge is 2.28. The van der Waals surface area contributed by atoms with Gasteiger partial charge in [0.25, 0.3) is 0 Å². The zero-order chi connectivity index (χ0) is 12.0. The summed E-state index contributed by atoms with van der Waals surface area (Å²) in [4.78, 5) is 1.90. The van der Waals surface area contributed by atoms with Crippen LogP contribution in [0.25, 0.3) is 0 Å². The normalized spacial score (nSPS) is 19.3. The highest BCUT2D eigenvalue weighted by molar-refractivity contribution is 4.71. The molecule has 0 spiro atoms. The zero-order valence-corrected chi connectivity index (χ0v) is 9.52. The van der Waals surface area contributed by atoms with Crippen LogP contribution in [0.1, 0.15) is 12.8 Å². The third kappa shape index (κ3) is 6.30. The van der Waals surface area contributed by atoms with Crippen LogP contribution in [0.15, 0.2) is 0 Å². The molecule has 0 aromatic rings. The molecule has 3 nitrogen and oxygen atoms in total. The van der Waals surface area contributed by atoms with Gasteiger partial charge in [-0.1, -0.05) is 0 Å². The van der Waals surface area contributed by atoms with Crippen LogP contribution in [-0.4, -0.2) is 51.1 Å². The van der Waals surface area contributed by atoms with Crippen molar-refractivity contribution in [2.45, 2.75) is 19.2 Å².